The summed E-state index contributed by atoms with van der Waals surface area (Å²) in [4.78, 5) is 15.7. The second kappa shape index (κ2) is 7.90. The van der Waals surface area contributed by atoms with Crippen LogP contribution in [0, 0.1) is 0 Å². The van der Waals surface area contributed by atoms with Crippen molar-refractivity contribution in [2.75, 3.05) is 10.0 Å². The van der Waals surface area contributed by atoms with Gasteiger partial charge < -0.3 is 10.6 Å². The van der Waals surface area contributed by atoms with Gasteiger partial charge in [0.1, 0.15) is 0 Å². The Kier molecular flexibility index (Phi) is 6.10. The van der Waals surface area contributed by atoms with Crippen LogP contribution in [0.2, 0.25) is 10.0 Å². The van der Waals surface area contributed by atoms with Gasteiger partial charge in [0.05, 0.1) is 17.6 Å². The van der Waals surface area contributed by atoms with Crippen LogP contribution in [0.1, 0.15) is 13.8 Å². The van der Waals surface area contributed by atoms with Crippen molar-refractivity contribution in [3.05, 3.63) is 46.7 Å². The first-order valence-electron chi connectivity index (χ1n) is 7.18. The van der Waals surface area contributed by atoms with Crippen LogP contribution in [0.5, 0.6) is 0 Å². The first-order valence-corrected chi connectivity index (χ1v) is 9.42. The van der Waals surface area contributed by atoms with E-state index in [1.165, 1.54) is 12.4 Å². The fourth-order valence-corrected chi connectivity index (χ4v) is 3.33. The van der Waals surface area contributed by atoms with Crippen molar-refractivity contribution in [3.8, 4) is 0 Å². The minimum absolute atomic E-state index is 0.109. The van der Waals surface area contributed by atoms with Gasteiger partial charge in [0, 0.05) is 28.0 Å². The van der Waals surface area contributed by atoms with Crippen molar-refractivity contribution in [2.45, 2.75) is 19.9 Å². The maximum atomic E-state index is 12.1. The largest absolute Gasteiger partial charge is 0.357 e. The lowest BCUT2D eigenvalue weighted by Gasteiger charge is -2.14. The second-order valence-corrected chi connectivity index (χ2v) is 7.85. The van der Waals surface area contributed by atoms with E-state index in [-0.39, 0.29) is 11.7 Å². The van der Waals surface area contributed by atoms with E-state index in [0.717, 1.165) is 0 Å². The van der Waals surface area contributed by atoms with Crippen molar-refractivity contribution in [2.24, 2.45) is 0 Å². The molecule has 2 rings (SSSR count). The Hall–Kier alpha value is -2.03. The number of hydrogen-bond acceptors (Lipinski definition) is 5. The number of aromatic nitrogens is 1. The lowest BCUT2D eigenvalue weighted by molar-refractivity contribution is 0.256. The van der Waals surface area contributed by atoms with Crippen molar-refractivity contribution < 1.29 is 13.2 Å². The number of pyridine rings is 1. The van der Waals surface area contributed by atoms with Gasteiger partial charge in [0.2, 0.25) is 0 Å². The van der Waals surface area contributed by atoms with Crippen LogP contribution < -0.4 is 15.4 Å². The monoisotopic (exact) mass is 402 g/mol. The average molecular weight is 403 g/mol. The van der Waals surface area contributed by atoms with Crippen molar-refractivity contribution >= 4 is 55.5 Å². The van der Waals surface area contributed by atoms with E-state index in [4.69, 9.17) is 23.2 Å². The molecule has 134 valence electrons. The van der Waals surface area contributed by atoms with Gasteiger partial charge in [-0.3, -0.25) is 14.5 Å². The van der Waals surface area contributed by atoms with Crippen LogP contribution in [0.25, 0.3) is 0 Å². The highest BCUT2D eigenvalue weighted by Gasteiger charge is 2.23. The van der Waals surface area contributed by atoms with Crippen molar-refractivity contribution in [1.29, 1.82) is 0 Å². The highest BCUT2D eigenvalue weighted by molar-refractivity contribution is 8.07. The van der Waals surface area contributed by atoms with E-state index in [1.807, 2.05) is 0 Å². The molecule has 0 saturated heterocycles. The molecule has 0 aliphatic rings. The number of rotatable bonds is 5. The SMILES string of the molecule is CC(C)NC(=O)S(=O)(=O)Nc1cnccc1Nc1cc(Cl)cc(Cl)c1. The van der Waals surface area contributed by atoms with Crippen LogP contribution in [0.3, 0.4) is 0 Å². The number of nitrogens with one attached hydrogen (secondary N) is 3. The number of sulfonamides is 1. The number of benzene rings is 1. The Morgan fingerprint density at radius 2 is 1.76 bits per heavy atom. The standard InChI is InChI=1S/C15H16Cl2N4O3S/c1-9(2)19-15(22)25(23,24)21-14-8-18-4-3-13(14)20-12-6-10(16)5-11(17)7-12/h3-9,21H,1-2H3,(H,18,20)(H,19,22). The molecule has 2 aromatic rings. The Bertz CT molecular complexity index is 868. The van der Waals surface area contributed by atoms with E-state index in [2.05, 4.69) is 20.3 Å². The first-order chi connectivity index (χ1) is 11.7. The molecule has 1 amide bonds. The quantitative estimate of drug-likeness (QED) is 0.701. The Balaban J connectivity index is 2.27. The van der Waals surface area contributed by atoms with Gasteiger partial charge in [-0.1, -0.05) is 23.2 Å². The van der Waals surface area contributed by atoms with E-state index >= 15 is 0 Å². The van der Waals surface area contributed by atoms with Gasteiger partial charge >= 0.3 is 15.3 Å². The van der Waals surface area contributed by atoms with Gasteiger partial charge in [0.25, 0.3) is 0 Å². The van der Waals surface area contributed by atoms with Crippen LogP contribution in [0.4, 0.5) is 21.9 Å². The normalized spacial score (nSPS) is 11.2. The molecule has 0 unspecified atom stereocenters. The summed E-state index contributed by atoms with van der Waals surface area (Å²) in [6, 6.07) is 6.05. The van der Waals surface area contributed by atoms with Gasteiger partial charge in [0.15, 0.2) is 0 Å². The molecule has 1 heterocycles. The fourth-order valence-electron chi connectivity index (χ4n) is 1.87. The number of halogens is 2. The Morgan fingerprint density at radius 3 is 2.36 bits per heavy atom. The zero-order valence-electron chi connectivity index (χ0n) is 13.4. The van der Waals surface area contributed by atoms with Crippen LogP contribution in [-0.2, 0) is 10.0 Å². The number of carbonyl (C=O) groups excluding carboxylic acids is 1. The molecule has 3 N–H and O–H groups in total. The maximum absolute atomic E-state index is 12.1. The molecule has 1 aromatic heterocycles. The summed E-state index contributed by atoms with van der Waals surface area (Å²) in [6.45, 7) is 3.32. The first kappa shape index (κ1) is 19.3. The van der Waals surface area contributed by atoms with E-state index < -0.39 is 15.3 Å². The number of anilines is 3. The smallest absolute Gasteiger partial charge is 0.354 e. The minimum Gasteiger partial charge on any atom is -0.354 e. The topological polar surface area (TPSA) is 100 Å². The Labute approximate surface area is 155 Å². The highest BCUT2D eigenvalue weighted by Crippen LogP contribution is 2.29. The molecule has 0 fully saturated rings. The summed E-state index contributed by atoms with van der Waals surface area (Å²) in [5.41, 5.74) is 1.04. The molecule has 0 aliphatic heterocycles. The molecular weight excluding hydrogens is 387 g/mol. The summed E-state index contributed by atoms with van der Waals surface area (Å²) in [7, 11) is -4.27. The molecule has 0 radical (unpaired) electrons. The van der Waals surface area contributed by atoms with Gasteiger partial charge in [-0.05, 0) is 38.1 Å². The summed E-state index contributed by atoms with van der Waals surface area (Å²) < 4.78 is 26.5. The summed E-state index contributed by atoms with van der Waals surface area (Å²) in [6.07, 6.45) is 2.76. The molecular formula is C15H16Cl2N4O3S. The molecule has 0 bridgehead atoms. The third kappa shape index (κ3) is 5.48. The van der Waals surface area contributed by atoms with Crippen molar-refractivity contribution in [1.82, 2.24) is 10.3 Å². The lowest BCUT2D eigenvalue weighted by Crippen LogP contribution is -2.37. The predicted molar refractivity (Wildman–Crippen MR) is 100 cm³/mol. The third-order valence-electron chi connectivity index (χ3n) is 2.86. The zero-order chi connectivity index (χ0) is 18.6. The van der Waals surface area contributed by atoms with Gasteiger partial charge in [-0.15, -0.1) is 0 Å². The molecule has 10 heteroatoms. The van der Waals surface area contributed by atoms with Crippen LogP contribution >= 0.6 is 23.2 Å². The summed E-state index contributed by atoms with van der Waals surface area (Å²) >= 11 is 11.9. The summed E-state index contributed by atoms with van der Waals surface area (Å²) in [5, 5.41) is 5.03. The maximum Gasteiger partial charge on any atom is 0.357 e. The van der Waals surface area contributed by atoms with E-state index in [9.17, 15) is 13.2 Å². The van der Waals surface area contributed by atoms with Crippen LogP contribution in [0.15, 0.2) is 36.7 Å². The van der Waals surface area contributed by atoms with Crippen molar-refractivity contribution in [3.63, 3.8) is 0 Å². The number of nitrogens with zero attached hydrogens (tertiary/aromatic N) is 1. The molecule has 25 heavy (non-hydrogen) atoms. The lowest BCUT2D eigenvalue weighted by atomic mass is 10.3. The molecule has 0 atom stereocenters. The number of amides is 1. The zero-order valence-corrected chi connectivity index (χ0v) is 15.7. The molecule has 0 saturated carbocycles. The fraction of sp³-hybridized carbons (Fsp3) is 0.200. The van der Waals surface area contributed by atoms with E-state index in [1.54, 1.807) is 38.1 Å². The highest BCUT2D eigenvalue weighted by atomic mass is 35.5. The van der Waals surface area contributed by atoms with Crippen LogP contribution in [-0.4, -0.2) is 24.7 Å². The minimum atomic E-state index is -4.27. The van der Waals surface area contributed by atoms with Gasteiger partial charge in [-0.2, -0.15) is 8.42 Å². The predicted octanol–water partition coefficient (Wildman–Crippen LogP) is 3.99. The molecule has 0 aliphatic carbocycles. The number of carbonyl (C=O) groups is 1. The van der Waals surface area contributed by atoms with E-state index in [0.29, 0.717) is 21.4 Å². The second-order valence-electron chi connectivity index (χ2n) is 5.40. The average Bonchev–Trinajstić information content (AvgIpc) is 2.47. The molecule has 1 aromatic carbocycles. The summed E-state index contributed by atoms with van der Waals surface area (Å²) in [5.74, 6) is 0. The number of hydrogen-bond donors (Lipinski definition) is 3. The molecule has 7 nitrogen and oxygen atoms in total. The third-order valence-corrected chi connectivity index (χ3v) is 4.39. The Morgan fingerprint density at radius 1 is 1.12 bits per heavy atom. The van der Waals surface area contributed by atoms with Gasteiger partial charge in [-0.25, -0.2) is 0 Å². The molecule has 0 spiro atoms.